The number of carbonyl (C=O) groups is 2. The summed E-state index contributed by atoms with van der Waals surface area (Å²) in [6, 6.07) is 17.1. The molecule has 14 nitrogen and oxygen atoms in total. The second-order valence-corrected chi connectivity index (χ2v) is 11.5. The van der Waals surface area contributed by atoms with Crippen molar-refractivity contribution in [3.8, 4) is 0 Å². The Morgan fingerprint density at radius 2 is 1.09 bits per heavy atom. The number of hydrogen-bond donors (Lipinski definition) is 10. The molecule has 0 bridgehead atoms. The third-order valence-corrected chi connectivity index (χ3v) is 8.51. The zero-order valence-electron chi connectivity index (χ0n) is 26.4. The predicted octanol–water partition coefficient (Wildman–Crippen LogP) is 1.46. The summed E-state index contributed by atoms with van der Waals surface area (Å²) in [5, 5.41) is 37.0. The summed E-state index contributed by atoms with van der Waals surface area (Å²) < 4.78 is 0. The number of rotatable bonds is 10. The van der Waals surface area contributed by atoms with Crippen molar-refractivity contribution in [1.29, 1.82) is 10.8 Å². The molecule has 2 heterocycles. The quantitative estimate of drug-likeness (QED) is 0.0449. The summed E-state index contributed by atoms with van der Waals surface area (Å²) in [4.78, 5) is 20.9. The Morgan fingerprint density at radius 3 is 1.50 bits per heavy atom. The summed E-state index contributed by atoms with van der Waals surface area (Å²) in [5.74, 6) is 2.26. The van der Waals surface area contributed by atoms with Crippen LogP contribution in [0.3, 0.4) is 0 Å². The first-order valence-corrected chi connectivity index (χ1v) is 15.8. The summed E-state index contributed by atoms with van der Waals surface area (Å²) in [7, 11) is 0. The summed E-state index contributed by atoms with van der Waals surface area (Å²) >= 11 is 0. The van der Waals surface area contributed by atoms with Gasteiger partial charge < -0.3 is 30.6 Å². The Morgan fingerprint density at radius 1 is 0.696 bits per heavy atom. The molecule has 1 saturated carbocycles. The highest BCUT2D eigenvalue weighted by molar-refractivity contribution is 5.77. The molecule has 2 atom stereocenters. The van der Waals surface area contributed by atoms with Gasteiger partial charge in [-0.05, 0) is 66.2 Å². The fourth-order valence-electron chi connectivity index (χ4n) is 6.18. The van der Waals surface area contributed by atoms with Gasteiger partial charge in [0.05, 0.1) is 13.3 Å². The summed E-state index contributed by atoms with van der Waals surface area (Å²) in [5.41, 5.74) is 18.7. The number of fused-ring (bicyclic) bond motifs is 2. The first-order valence-electron chi connectivity index (χ1n) is 15.8. The van der Waals surface area contributed by atoms with Gasteiger partial charge in [-0.3, -0.25) is 31.3 Å². The zero-order valence-corrected chi connectivity index (χ0v) is 26.4. The molecule has 5 rings (SSSR count). The molecule has 252 valence electrons. The Hall–Kier alpha value is -4.24. The van der Waals surface area contributed by atoms with Crippen molar-refractivity contribution in [2.45, 2.75) is 51.6 Å². The van der Waals surface area contributed by atoms with E-state index >= 15 is 0 Å². The van der Waals surface area contributed by atoms with Gasteiger partial charge >= 0.3 is 0 Å². The lowest BCUT2D eigenvalue weighted by Crippen LogP contribution is -2.50. The fraction of sp³-hybridized carbons (Fsp3) is 0.500. The largest absolute Gasteiger partial charge is 0.483 e. The normalized spacial score (nSPS) is 18.3. The number of hydrazine groups is 2. The second kappa shape index (κ2) is 20.7. The van der Waals surface area contributed by atoms with E-state index in [4.69, 9.17) is 30.6 Å². The van der Waals surface area contributed by atoms with E-state index in [-0.39, 0.29) is 12.9 Å². The van der Waals surface area contributed by atoms with E-state index in [9.17, 15) is 0 Å². The van der Waals surface area contributed by atoms with Gasteiger partial charge in [0.25, 0.3) is 12.9 Å². The highest BCUT2D eigenvalue weighted by atomic mass is 16.3. The molecule has 3 aliphatic rings. The minimum atomic E-state index is -0.250. The summed E-state index contributed by atoms with van der Waals surface area (Å²) in [6.45, 7) is 5.81. The molecule has 0 aromatic heterocycles. The van der Waals surface area contributed by atoms with Crippen LogP contribution in [-0.2, 0) is 35.5 Å². The minimum Gasteiger partial charge on any atom is -0.483 e. The van der Waals surface area contributed by atoms with Crippen molar-refractivity contribution in [3.05, 3.63) is 70.8 Å². The number of benzene rings is 2. The van der Waals surface area contributed by atoms with Crippen LogP contribution in [0.5, 0.6) is 0 Å². The van der Waals surface area contributed by atoms with E-state index < -0.39 is 0 Å². The van der Waals surface area contributed by atoms with Crippen LogP contribution >= 0.6 is 0 Å². The zero-order chi connectivity index (χ0) is 33.0. The van der Waals surface area contributed by atoms with Crippen molar-refractivity contribution < 1.29 is 19.8 Å². The third kappa shape index (κ3) is 12.3. The van der Waals surface area contributed by atoms with Gasteiger partial charge in [0, 0.05) is 39.3 Å². The average molecular weight is 639 g/mol. The van der Waals surface area contributed by atoms with E-state index in [2.05, 4.69) is 90.7 Å². The predicted molar refractivity (Wildman–Crippen MR) is 178 cm³/mol. The van der Waals surface area contributed by atoms with Crippen LogP contribution < -0.4 is 32.3 Å². The maximum Gasteiger partial charge on any atom is 0.290 e. The lowest BCUT2D eigenvalue weighted by atomic mass is 9.81. The van der Waals surface area contributed by atoms with Crippen molar-refractivity contribution >= 4 is 24.9 Å². The van der Waals surface area contributed by atoms with E-state index in [1.54, 1.807) is 0 Å². The van der Waals surface area contributed by atoms with Crippen molar-refractivity contribution in [3.63, 3.8) is 0 Å². The van der Waals surface area contributed by atoms with Crippen LogP contribution in [0.4, 0.5) is 0 Å². The number of carboxylic acid groups (broad SMARTS) is 2. The smallest absolute Gasteiger partial charge is 0.290 e. The van der Waals surface area contributed by atoms with Gasteiger partial charge in [-0.15, -0.1) is 0 Å². The Balaban J connectivity index is 0.000000891. The van der Waals surface area contributed by atoms with Crippen LogP contribution in [0.25, 0.3) is 0 Å². The van der Waals surface area contributed by atoms with Crippen LogP contribution in [0.15, 0.2) is 48.5 Å². The van der Waals surface area contributed by atoms with Crippen molar-refractivity contribution in [2.24, 2.45) is 11.8 Å². The second-order valence-electron chi connectivity index (χ2n) is 11.5. The first kappa shape index (κ1) is 36.2. The molecule has 0 radical (unpaired) electrons. The Bertz CT molecular complexity index is 1140. The molecule has 2 aromatic rings. The maximum absolute atomic E-state index is 8.39. The maximum atomic E-state index is 8.39. The fourth-order valence-corrected chi connectivity index (χ4v) is 6.18. The lowest BCUT2D eigenvalue weighted by molar-refractivity contribution is -0.123. The lowest BCUT2D eigenvalue weighted by Gasteiger charge is -2.31. The van der Waals surface area contributed by atoms with Crippen LogP contribution in [0.1, 0.15) is 47.9 Å². The van der Waals surface area contributed by atoms with E-state index in [0.29, 0.717) is 37.1 Å². The molecular formula is C32H50N10O4. The molecule has 2 aliphatic heterocycles. The van der Waals surface area contributed by atoms with Crippen molar-refractivity contribution in [1.82, 2.24) is 42.1 Å². The summed E-state index contributed by atoms with van der Waals surface area (Å²) in [6.07, 6.45) is 6.97. The molecule has 1 fully saturated rings. The molecule has 10 N–H and O–H groups in total. The van der Waals surface area contributed by atoms with Crippen LogP contribution in [-0.4, -0.2) is 84.4 Å². The highest BCUT2D eigenvalue weighted by Gasteiger charge is 2.22. The first-order chi connectivity index (χ1) is 22.5. The van der Waals surface area contributed by atoms with Crippen molar-refractivity contribution in [2.75, 3.05) is 39.5 Å². The minimum absolute atomic E-state index is 0.250. The van der Waals surface area contributed by atoms with Gasteiger partial charge in [0.1, 0.15) is 0 Å². The Kier molecular flexibility index (Phi) is 16.3. The topological polar surface area (TPSA) is 201 Å². The Labute approximate surface area is 271 Å². The number of hydrogen-bond acceptors (Lipinski definition) is 8. The third-order valence-electron chi connectivity index (χ3n) is 8.51. The van der Waals surface area contributed by atoms with Gasteiger partial charge in [0.15, 0.2) is 11.9 Å². The molecule has 2 unspecified atom stereocenters. The molecule has 46 heavy (non-hydrogen) atoms. The highest BCUT2D eigenvalue weighted by Crippen LogP contribution is 2.28. The molecule has 2 aromatic carbocycles. The average Bonchev–Trinajstić information content (AvgIpc) is 3.08. The number of nitrogens with one attached hydrogen (secondary N) is 8. The molecule has 0 spiro atoms. The molecule has 0 saturated heterocycles. The van der Waals surface area contributed by atoms with E-state index in [1.807, 2.05) is 0 Å². The number of guanidine groups is 2. The molecule has 0 amide bonds. The van der Waals surface area contributed by atoms with Gasteiger partial charge in [-0.2, -0.15) is 0 Å². The number of nitrogens with zero attached hydrogens (tertiary/aromatic N) is 2. The van der Waals surface area contributed by atoms with Gasteiger partial charge in [0.2, 0.25) is 0 Å². The molecular weight excluding hydrogens is 588 g/mol. The van der Waals surface area contributed by atoms with Gasteiger partial charge in [-0.25, -0.2) is 10.9 Å². The monoisotopic (exact) mass is 638 g/mol. The SMILES string of the molecule is N=C(NCNNCC1CCCC(CNNCNC(=N)N2CCc3ccccc3C2)C1)N1CCc2ccccc2C1.O=CO.O=CO. The van der Waals surface area contributed by atoms with Crippen LogP contribution in [0, 0.1) is 22.7 Å². The van der Waals surface area contributed by atoms with E-state index in [1.165, 1.54) is 47.9 Å². The molecule has 14 heteroatoms. The van der Waals surface area contributed by atoms with Gasteiger partial charge in [-0.1, -0.05) is 55.0 Å². The van der Waals surface area contributed by atoms with E-state index in [0.717, 1.165) is 52.1 Å². The van der Waals surface area contributed by atoms with Crippen LogP contribution in [0.2, 0.25) is 0 Å². The molecule has 1 aliphatic carbocycles. The standard InChI is InChI=1S/C30H46N10.2CH2O2/c31-29(39-14-12-25-8-1-3-10-27(25)19-39)33-21-37-35-17-23-6-5-7-24(16-23)18-36-38-22-34-30(32)40-15-13-26-9-2-4-11-28(26)20-40;2*2-1-3/h1-4,8-11,23-24,35-38H,5-7,12-22H2,(H2,31,33)(H2,32,34);2*1H,(H,2,3).